The van der Waals surface area contributed by atoms with Gasteiger partial charge in [0.15, 0.2) is 0 Å². The van der Waals surface area contributed by atoms with Crippen molar-refractivity contribution in [2.24, 2.45) is 0 Å². The molecule has 0 saturated carbocycles. The highest BCUT2D eigenvalue weighted by molar-refractivity contribution is 7.11. The molecule has 1 atom stereocenters. The highest BCUT2D eigenvalue weighted by Gasteiger charge is 2.25. The number of rotatable bonds is 3. The third-order valence-electron chi connectivity index (χ3n) is 4.04. The summed E-state index contributed by atoms with van der Waals surface area (Å²) in [6, 6.07) is 0.435. The van der Waals surface area contributed by atoms with Crippen molar-refractivity contribution in [1.29, 1.82) is 0 Å². The van der Waals surface area contributed by atoms with Crippen molar-refractivity contribution >= 4 is 11.3 Å². The first-order valence-electron chi connectivity index (χ1n) is 7.86. The number of thiazole rings is 1. The number of likely N-dealkylation sites (N-methyl/N-ethyl adjacent to an activating group) is 2. The molecular weight excluding hydrogens is 280 g/mol. The van der Waals surface area contributed by atoms with E-state index in [4.69, 9.17) is 4.98 Å². The topological polar surface area (TPSA) is 31.4 Å². The summed E-state index contributed by atoms with van der Waals surface area (Å²) < 4.78 is 0. The van der Waals surface area contributed by atoms with E-state index >= 15 is 0 Å². The lowest BCUT2D eigenvalue weighted by Gasteiger charge is -2.25. The molecule has 2 rings (SSSR count). The van der Waals surface area contributed by atoms with Gasteiger partial charge < -0.3 is 10.2 Å². The van der Waals surface area contributed by atoms with E-state index in [9.17, 15) is 0 Å². The molecule has 1 aromatic rings. The molecule has 1 aliphatic heterocycles. The van der Waals surface area contributed by atoms with Gasteiger partial charge in [0, 0.05) is 23.5 Å². The molecule has 1 saturated heterocycles. The van der Waals surface area contributed by atoms with E-state index in [0.29, 0.717) is 6.04 Å². The van der Waals surface area contributed by atoms with Gasteiger partial charge in [-0.2, -0.15) is 0 Å². The fraction of sp³-hybridized carbons (Fsp3) is 0.812. The molecule has 0 aliphatic carbocycles. The lowest BCUT2D eigenvalue weighted by molar-refractivity contribution is 0.228. The predicted octanol–water partition coefficient (Wildman–Crippen LogP) is 2.65. The Hall–Kier alpha value is -0.490. The Balaban J connectivity index is 2.12. The SMILES string of the molecule is Cc1nc(C2CN(C)CCCN2C)sc1CNC(C)(C)C. The molecule has 21 heavy (non-hydrogen) atoms. The molecule has 0 radical (unpaired) electrons. The van der Waals surface area contributed by atoms with E-state index in [1.54, 1.807) is 0 Å². The number of hydrogen-bond acceptors (Lipinski definition) is 5. The molecule has 120 valence electrons. The normalized spacial score (nSPS) is 22.5. The minimum atomic E-state index is 0.149. The molecule has 0 spiro atoms. The van der Waals surface area contributed by atoms with E-state index in [1.807, 2.05) is 11.3 Å². The number of aromatic nitrogens is 1. The van der Waals surface area contributed by atoms with Crippen molar-refractivity contribution < 1.29 is 0 Å². The van der Waals surface area contributed by atoms with Crippen LogP contribution >= 0.6 is 11.3 Å². The van der Waals surface area contributed by atoms with E-state index in [0.717, 1.165) is 19.6 Å². The summed E-state index contributed by atoms with van der Waals surface area (Å²) in [6.45, 7) is 13.1. The molecule has 0 amide bonds. The summed E-state index contributed by atoms with van der Waals surface area (Å²) in [5, 5.41) is 4.85. The molecule has 1 aliphatic rings. The fourth-order valence-electron chi connectivity index (χ4n) is 2.64. The van der Waals surface area contributed by atoms with Crippen LogP contribution < -0.4 is 5.32 Å². The van der Waals surface area contributed by atoms with Crippen LogP contribution in [0.25, 0.3) is 0 Å². The second-order valence-corrected chi connectivity index (χ2v) is 8.39. The van der Waals surface area contributed by atoms with E-state index < -0.39 is 0 Å². The molecule has 1 aromatic heterocycles. The molecule has 5 heteroatoms. The first-order chi connectivity index (χ1) is 9.76. The van der Waals surface area contributed by atoms with Gasteiger partial charge in [-0.25, -0.2) is 4.98 Å². The Morgan fingerprint density at radius 1 is 1.29 bits per heavy atom. The second-order valence-electron chi connectivity index (χ2n) is 7.28. The van der Waals surface area contributed by atoms with Crippen molar-refractivity contribution in [3.8, 4) is 0 Å². The zero-order valence-corrected chi connectivity index (χ0v) is 15.2. The maximum atomic E-state index is 4.87. The van der Waals surface area contributed by atoms with Crippen LogP contribution in [0.4, 0.5) is 0 Å². The Bertz CT molecular complexity index is 463. The summed E-state index contributed by atoms with van der Waals surface area (Å²) in [5.41, 5.74) is 1.34. The third kappa shape index (κ3) is 4.74. The monoisotopic (exact) mass is 310 g/mol. The maximum absolute atomic E-state index is 4.87. The average Bonchev–Trinajstić information content (AvgIpc) is 2.64. The van der Waals surface area contributed by atoms with Gasteiger partial charge in [-0.05, 0) is 61.3 Å². The van der Waals surface area contributed by atoms with Gasteiger partial charge in [0.05, 0.1) is 11.7 Å². The molecule has 0 aromatic carbocycles. The van der Waals surface area contributed by atoms with Crippen LogP contribution in [-0.2, 0) is 6.54 Å². The van der Waals surface area contributed by atoms with Crippen LogP contribution in [0.1, 0.15) is 48.8 Å². The second kappa shape index (κ2) is 6.73. The van der Waals surface area contributed by atoms with Crippen molar-refractivity contribution in [2.45, 2.75) is 52.2 Å². The Kier molecular flexibility index (Phi) is 5.41. The smallest absolute Gasteiger partial charge is 0.112 e. The quantitative estimate of drug-likeness (QED) is 0.930. The van der Waals surface area contributed by atoms with Crippen LogP contribution in [-0.4, -0.2) is 54.1 Å². The summed E-state index contributed by atoms with van der Waals surface area (Å²) in [4.78, 5) is 11.1. The van der Waals surface area contributed by atoms with E-state index in [2.05, 4.69) is 56.9 Å². The molecular formula is C16H30N4S. The van der Waals surface area contributed by atoms with Crippen molar-refractivity contribution in [2.75, 3.05) is 33.7 Å². The average molecular weight is 311 g/mol. The van der Waals surface area contributed by atoms with Gasteiger partial charge >= 0.3 is 0 Å². The third-order valence-corrected chi connectivity index (χ3v) is 5.30. The van der Waals surface area contributed by atoms with E-state index in [-0.39, 0.29) is 5.54 Å². The Morgan fingerprint density at radius 3 is 2.67 bits per heavy atom. The van der Waals surface area contributed by atoms with Crippen molar-refractivity contribution in [3.05, 3.63) is 15.6 Å². The van der Waals surface area contributed by atoms with Gasteiger partial charge in [0.25, 0.3) is 0 Å². The molecule has 1 N–H and O–H groups in total. The van der Waals surface area contributed by atoms with Crippen LogP contribution in [0, 0.1) is 6.92 Å². The zero-order valence-electron chi connectivity index (χ0n) is 14.4. The molecule has 0 bridgehead atoms. The summed E-state index contributed by atoms with van der Waals surface area (Å²) in [6.07, 6.45) is 1.24. The minimum Gasteiger partial charge on any atom is -0.307 e. The van der Waals surface area contributed by atoms with Crippen molar-refractivity contribution in [3.63, 3.8) is 0 Å². The molecule has 4 nitrogen and oxygen atoms in total. The summed E-state index contributed by atoms with van der Waals surface area (Å²) in [7, 11) is 4.45. The largest absolute Gasteiger partial charge is 0.307 e. The Morgan fingerprint density at radius 2 is 2.00 bits per heavy atom. The first-order valence-corrected chi connectivity index (χ1v) is 8.68. The lowest BCUT2D eigenvalue weighted by atomic mass is 10.1. The molecule has 1 unspecified atom stereocenters. The van der Waals surface area contributed by atoms with Crippen molar-refractivity contribution in [1.82, 2.24) is 20.1 Å². The lowest BCUT2D eigenvalue weighted by Crippen LogP contribution is -2.34. The maximum Gasteiger partial charge on any atom is 0.112 e. The van der Waals surface area contributed by atoms with Gasteiger partial charge in [0.2, 0.25) is 0 Å². The number of nitrogens with zero attached hydrogens (tertiary/aromatic N) is 3. The first kappa shape index (κ1) is 16.9. The van der Waals surface area contributed by atoms with Crippen LogP contribution in [0.3, 0.4) is 0 Å². The minimum absolute atomic E-state index is 0.149. The zero-order chi connectivity index (χ0) is 15.6. The summed E-state index contributed by atoms with van der Waals surface area (Å²) in [5.74, 6) is 0. The predicted molar refractivity (Wildman–Crippen MR) is 90.9 cm³/mol. The molecule has 2 heterocycles. The number of hydrogen-bond donors (Lipinski definition) is 1. The molecule has 1 fully saturated rings. The standard InChI is InChI=1S/C16H30N4S/c1-12-14(10-17-16(2,3)4)21-15(18-12)13-11-19(5)8-7-9-20(13)6/h13,17H,7-11H2,1-6H3. The van der Waals surface area contributed by atoms with Gasteiger partial charge in [0.1, 0.15) is 5.01 Å². The Labute approximate surface area is 133 Å². The van der Waals surface area contributed by atoms with Crippen LogP contribution in [0.5, 0.6) is 0 Å². The summed E-state index contributed by atoms with van der Waals surface area (Å²) >= 11 is 1.88. The van der Waals surface area contributed by atoms with Gasteiger partial charge in [-0.3, -0.25) is 4.90 Å². The van der Waals surface area contributed by atoms with Gasteiger partial charge in [-0.1, -0.05) is 0 Å². The van der Waals surface area contributed by atoms with E-state index in [1.165, 1.54) is 28.5 Å². The van der Waals surface area contributed by atoms with Gasteiger partial charge in [-0.15, -0.1) is 11.3 Å². The van der Waals surface area contributed by atoms with Crippen LogP contribution in [0.15, 0.2) is 0 Å². The fourth-order valence-corrected chi connectivity index (χ4v) is 3.80. The number of aryl methyl sites for hydroxylation is 1. The number of nitrogens with one attached hydrogen (secondary N) is 1. The van der Waals surface area contributed by atoms with Crippen LogP contribution in [0.2, 0.25) is 0 Å². The highest BCUT2D eigenvalue weighted by atomic mass is 32.1. The highest BCUT2D eigenvalue weighted by Crippen LogP contribution is 2.29.